The maximum atomic E-state index is 13.0. The molecule has 0 aliphatic rings. The number of nitrogens with zero attached hydrogens (tertiary/aromatic N) is 3. The maximum Gasteiger partial charge on any atom is 0.223 e. The zero-order valence-electron chi connectivity index (χ0n) is 9.22. The molecule has 0 spiro atoms. The molecule has 2 heterocycles. The van der Waals surface area contributed by atoms with Crippen molar-refractivity contribution in [2.24, 2.45) is 0 Å². The van der Waals surface area contributed by atoms with Crippen molar-refractivity contribution in [1.82, 2.24) is 14.7 Å². The molecule has 0 N–H and O–H groups in total. The molecule has 2 aromatic heterocycles. The lowest BCUT2D eigenvalue weighted by Gasteiger charge is -2.01. The fourth-order valence-corrected chi connectivity index (χ4v) is 1.87. The molecule has 0 aliphatic heterocycles. The zero-order chi connectivity index (χ0) is 11.8. The van der Waals surface area contributed by atoms with Crippen LogP contribution in [0.25, 0.3) is 10.9 Å². The summed E-state index contributed by atoms with van der Waals surface area (Å²) in [4.78, 5) is 4.14. The molecular weight excluding hydrogens is 221 g/mol. The summed E-state index contributed by atoms with van der Waals surface area (Å²) in [6.45, 7) is 2.27. The van der Waals surface area contributed by atoms with Crippen LogP contribution in [0.4, 0.5) is 4.39 Å². The van der Waals surface area contributed by atoms with Crippen molar-refractivity contribution in [3.8, 4) is 0 Å². The average molecular weight is 231 g/mol. The summed E-state index contributed by atoms with van der Waals surface area (Å²) >= 11 is 0. The topological polar surface area (TPSA) is 43.9 Å². The van der Waals surface area contributed by atoms with Gasteiger partial charge in [0, 0.05) is 24.0 Å². The highest BCUT2D eigenvalue weighted by atomic mass is 19.1. The molecule has 0 unspecified atom stereocenters. The van der Waals surface area contributed by atoms with Gasteiger partial charge in [-0.2, -0.15) is 4.98 Å². The van der Waals surface area contributed by atoms with E-state index in [0.717, 1.165) is 10.9 Å². The SMILES string of the molecule is Cc1nc(Cn2ccc3cc(F)ccc32)no1. The molecule has 5 heteroatoms. The highest BCUT2D eigenvalue weighted by molar-refractivity contribution is 5.80. The first-order chi connectivity index (χ1) is 8.22. The second kappa shape index (κ2) is 3.69. The third-order valence-corrected chi connectivity index (χ3v) is 2.61. The molecule has 0 atom stereocenters. The molecule has 86 valence electrons. The van der Waals surface area contributed by atoms with Crippen molar-refractivity contribution >= 4 is 10.9 Å². The maximum absolute atomic E-state index is 13.0. The van der Waals surface area contributed by atoms with Crippen LogP contribution in [0.1, 0.15) is 11.7 Å². The normalized spacial score (nSPS) is 11.2. The van der Waals surface area contributed by atoms with Crippen LogP contribution in [-0.4, -0.2) is 14.7 Å². The van der Waals surface area contributed by atoms with Gasteiger partial charge in [0.2, 0.25) is 5.89 Å². The molecule has 17 heavy (non-hydrogen) atoms. The standard InChI is InChI=1S/C12H10FN3O/c1-8-14-12(15-17-8)7-16-5-4-9-6-10(13)2-3-11(9)16/h2-6H,7H2,1H3. The van der Waals surface area contributed by atoms with Crippen molar-refractivity contribution in [2.45, 2.75) is 13.5 Å². The predicted molar refractivity (Wildman–Crippen MR) is 60.0 cm³/mol. The lowest BCUT2D eigenvalue weighted by Crippen LogP contribution is -1.99. The van der Waals surface area contributed by atoms with Gasteiger partial charge in [-0.3, -0.25) is 0 Å². The van der Waals surface area contributed by atoms with Gasteiger partial charge in [-0.15, -0.1) is 0 Å². The fourth-order valence-electron chi connectivity index (χ4n) is 1.87. The zero-order valence-corrected chi connectivity index (χ0v) is 9.22. The lowest BCUT2D eigenvalue weighted by molar-refractivity contribution is 0.386. The first kappa shape index (κ1) is 10.0. The summed E-state index contributed by atoms with van der Waals surface area (Å²) < 4.78 is 19.9. The third kappa shape index (κ3) is 1.80. The first-order valence-electron chi connectivity index (χ1n) is 5.26. The van der Waals surface area contributed by atoms with E-state index < -0.39 is 0 Å². The van der Waals surface area contributed by atoms with Gasteiger partial charge < -0.3 is 9.09 Å². The average Bonchev–Trinajstić information content (AvgIpc) is 2.86. The Bertz CT molecular complexity index is 671. The van der Waals surface area contributed by atoms with Crippen LogP contribution in [0.15, 0.2) is 35.0 Å². The van der Waals surface area contributed by atoms with Crippen molar-refractivity contribution in [1.29, 1.82) is 0 Å². The largest absolute Gasteiger partial charge is 0.340 e. The van der Waals surface area contributed by atoms with Crippen LogP contribution in [0.3, 0.4) is 0 Å². The van der Waals surface area contributed by atoms with Gasteiger partial charge in [0.25, 0.3) is 0 Å². The second-order valence-electron chi connectivity index (χ2n) is 3.88. The summed E-state index contributed by atoms with van der Waals surface area (Å²) in [6.07, 6.45) is 1.88. The monoisotopic (exact) mass is 231 g/mol. The minimum atomic E-state index is -0.231. The Morgan fingerprint density at radius 1 is 1.35 bits per heavy atom. The molecule has 0 aliphatic carbocycles. The number of halogens is 1. The Morgan fingerprint density at radius 2 is 2.24 bits per heavy atom. The fraction of sp³-hybridized carbons (Fsp3) is 0.167. The van der Waals surface area contributed by atoms with Crippen molar-refractivity contribution in [3.05, 3.63) is 48.0 Å². The molecule has 3 rings (SSSR count). The molecule has 0 radical (unpaired) electrons. The van der Waals surface area contributed by atoms with Crippen LogP contribution < -0.4 is 0 Å². The molecular formula is C12H10FN3O. The van der Waals surface area contributed by atoms with Crippen LogP contribution in [0, 0.1) is 12.7 Å². The Labute approximate surface area is 96.7 Å². The van der Waals surface area contributed by atoms with Gasteiger partial charge in [-0.05, 0) is 24.3 Å². The van der Waals surface area contributed by atoms with E-state index in [2.05, 4.69) is 10.1 Å². The van der Waals surface area contributed by atoms with Crippen molar-refractivity contribution < 1.29 is 8.91 Å². The number of benzene rings is 1. The predicted octanol–water partition coefficient (Wildman–Crippen LogP) is 2.52. The van der Waals surface area contributed by atoms with Gasteiger partial charge in [0.15, 0.2) is 5.82 Å². The van der Waals surface area contributed by atoms with Crippen molar-refractivity contribution in [3.63, 3.8) is 0 Å². The van der Waals surface area contributed by atoms with Crippen LogP contribution >= 0.6 is 0 Å². The Kier molecular flexibility index (Phi) is 2.18. The summed E-state index contributed by atoms with van der Waals surface area (Å²) in [5.41, 5.74) is 0.953. The van der Waals surface area contributed by atoms with E-state index in [4.69, 9.17) is 4.52 Å². The molecule has 0 saturated heterocycles. The van der Waals surface area contributed by atoms with E-state index in [0.29, 0.717) is 18.3 Å². The summed E-state index contributed by atoms with van der Waals surface area (Å²) in [5, 5.41) is 4.70. The van der Waals surface area contributed by atoms with E-state index >= 15 is 0 Å². The van der Waals surface area contributed by atoms with Crippen LogP contribution in [0.5, 0.6) is 0 Å². The molecule has 4 nitrogen and oxygen atoms in total. The number of aryl methyl sites for hydroxylation is 1. The number of hydrogen-bond donors (Lipinski definition) is 0. The number of hydrogen-bond acceptors (Lipinski definition) is 3. The molecule has 3 aromatic rings. The van der Waals surface area contributed by atoms with Gasteiger partial charge in [-0.25, -0.2) is 4.39 Å². The van der Waals surface area contributed by atoms with Gasteiger partial charge in [0.1, 0.15) is 5.82 Å². The van der Waals surface area contributed by atoms with Crippen molar-refractivity contribution in [2.75, 3.05) is 0 Å². The van der Waals surface area contributed by atoms with E-state index in [1.807, 2.05) is 16.8 Å². The number of aromatic nitrogens is 3. The highest BCUT2D eigenvalue weighted by Crippen LogP contribution is 2.17. The highest BCUT2D eigenvalue weighted by Gasteiger charge is 2.06. The van der Waals surface area contributed by atoms with E-state index in [1.54, 1.807) is 13.0 Å². The van der Waals surface area contributed by atoms with Crippen LogP contribution in [-0.2, 0) is 6.54 Å². The van der Waals surface area contributed by atoms with E-state index in [1.165, 1.54) is 12.1 Å². The number of fused-ring (bicyclic) bond motifs is 1. The Hall–Kier alpha value is -2.17. The van der Waals surface area contributed by atoms with Crippen LogP contribution in [0.2, 0.25) is 0 Å². The van der Waals surface area contributed by atoms with E-state index in [9.17, 15) is 4.39 Å². The Morgan fingerprint density at radius 3 is 3.00 bits per heavy atom. The molecule has 0 saturated carbocycles. The quantitative estimate of drug-likeness (QED) is 0.680. The van der Waals surface area contributed by atoms with Gasteiger partial charge in [-0.1, -0.05) is 5.16 Å². The smallest absolute Gasteiger partial charge is 0.223 e. The summed E-state index contributed by atoms with van der Waals surface area (Å²) in [5.74, 6) is 0.928. The Balaban J connectivity index is 2.00. The minimum absolute atomic E-state index is 0.231. The van der Waals surface area contributed by atoms with Gasteiger partial charge >= 0.3 is 0 Å². The van der Waals surface area contributed by atoms with Gasteiger partial charge in [0.05, 0.1) is 6.54 Å². The van der Waals surface area contributed by atoms with E-state index in [-0.39, 0.29) is 5.82 Å². The second-order valence-corrected chi connectivity index (χ2v) is 3.88. The molecule has 0 amide bonds. The minimum Gasteiger partial charge on any atom is -0.340 e. The molecule has 0 bridgehead atoms. The summed E-state index contributed by atoms with van der Waals surface area (Å²) in [6, 6.07) is 6.57. The molecule has 1 aromatic carbocycles. The molecule has 0 fully saturated rings. The third-order valence-electron chi connectivity index (χ3n) is 2.61. The first-order valence-corrected chi connectivity index (χ1v) is 5.26. The summed E-state index contributed by atoms with van der Waals surface area (Å²) in [7, 11) is 0. The number of rotatable bonds is 2. The lowest BCUT2D eigenvalue weighted by atomic mass is 10.2.